The first-order valence-electron chi connectivity index (χ1n) is 7.01. The van der Waals surface area contributed by atoms with Crippen LogP contribution < -0.4 is 11.1 Å². The highest BCUT2D eigenvalue weighted by molar-refractivity contribution is 7.50. The van der Waals surface area contributed by atoms with Crippen molar-refractivity contribution in [1.82, 2.24) is 9.55 Å². The summed E-state index contributed by atoms with van der Waals surface area (Å²) in [5.74, 6) is 2.11. The third kappa shape index (κ3) is 4.03. The largest absolute Gasteiger partial charge is 0.364 e. The Morgan fingerprint density at radius 3 is 2.90 bits per heavy atom. The highest BCUT2D eigenvalue weighted by Crippen LogP contribution is 2.40. The first-order valence-corrected chi connectivity index (χ1v) is 8.26. The predicted molar refractivity (Wildman–Crippen MR) is 82.2 cm³/mol. The van der Waals surface area contributed by atoms with Gasteiger partial charge in [-0.1, -0.05) is 6.08 Å². The van der Waals surface area contributed by atoms with E-state index in [1.807, 2.05) is 30.3 Å². The lowest BCUT2D eigenvalue weighted by atomic mass is 10.2. The van der Waals surface area contributed by atoms with E-state index in [0.717, 1.165) is 13.0 Å². The molecule has 0 bridgehead atoms. The molecule has 3 N–H and O–H groups in total. The zero-order valence-electron chi connectivity index (χ0n) is 12.3. The number of hydrogen-bond donors (Lipinski definition) is 2. The molecule has 1 aliphatic heterocycles. The van der Waals surface area contributed by atoms with Gasteiger partial charge in [-0.15, -0.1) is 0 Å². The van der Waals surface area contributed by atoms with Gasteiger partial charge in [0.15, 0.2) is 8.38 Å². The lowest BCUT2D eigenvalue weighted by molar-refractivity contribution is 0.0996. The van der Waals surface area contributed by atoms with Gasteiger partial charge in [-0.05, 0) is 26.1 Å². The second kappa shape index (κ2) is 7.54. The quantitative estimate of drug-likeness (QED) is 0.753. The van der Waals surface area contributed by atoms with Crippen LogP contribution in [0.3, 0.4) is 0 Å². The minimum absolute atomic E-state index is 0.118. The minimum atomic E-state index is -1.01. The molecular weight excluding hydrogens is 291 g/mol. The number of rotatable bonds is 7. The van der Waals surface area contributed by atoms with Gasteiger partial charge in [-0.3, -0.25) is 4.79 Å². The lowest BCUT2D eigenvalue weighted by Crippen LogP contribution is -2.21. The molecule has 1 aromatic rings. The van der Waals surface area contributed by atoms with Crippen molar-refractivity contribution in [1.29, 1.82) is 0 Å². The molecule has 1 unspecified atom stereocenters. The molecule has 21 heavy (non-hydrogen) atoms. The molecule has 116 valence electrons. The van der Waals surface area contributed by atoms with Crippen LogP contribution in [-0.2, 0) is 9.05 Å². The smallest absolute Gasteiger partial charge is 0.268 e. The van der Waals surface area contributed by atoms with E-state index in [1.165, 1.54) is 0 Å². The monoisotopic (exact) mass is 312 g/mol. The van der Waals surface area contributed by atoms with Crippen LogP contribution in [0.4, 0.5) is 5.95 Å². The van der Waals surface area contributed by atoms with Crippen molar-refractivity contribution in [3.8, 4) is 0 Å². The molecule has 0 saturated carbocycles. The Kier molecular flexibility index (Phi) is 5.73. The molecule has 0 aromatic carbocycles. The number of aromatic nitrogens is 2. The van der Waals surface area contributed by atoms with Gasteiger partial charge in [-0.25, -0.2) is 4.98 Å². The van der Waals surface area contributed by atoms with Gasteiger partial charge in [0.05, 0.1) is 19.3 Å². The fourth-order valence-electron chi connectivity index (χ4n) is 2.10. The fourth-order valence-corrected chi connectivity index (χ4v) is 3.20. The first-order chi connectivity index (χ1) is 10.2. The summed E-state index contributed by atoms with van der Waals surface area (Å²) >= 11 is 0. The number of allylic oxidation sites excluding steroid dienone is 1. The zero-order valence-corrected chi connectivity index (χ0v) is 13.2. The Labute approximate surface area is 125 Å². The van der Waals surface area contributed by atoms with Crippen molar-refractivity contribution < 1.29 is 13.8 Å². The Balaban J connectivity index is 2.13. The lowest BCUT2D eigenvalue weighted by Gasteiger charge is -2.23. The summed E-state index contributed by atoms with van der Waals surface area (Å²) in [6, 6.07) is 0.118. The highest BCUT2D eigenvalue weighted by atomic mass is 31.2. The normalized spacial score (nSPS) is 18.0. The number of anilines is 1. The van der Waals surface area contributed by atoms with E-state index < -0.39 is 14.3 Å². The van der Waals surface area contributed by atoms with Gasteiger partial charge in [-0.2, -0.15) is 0 Å². The van der Waals surface area contributed by atoms with Crippen molar-refractivity contribution in [2.24, 2.45) is 5.73 Å². The van der Waals surface area contributed by atoms with E-state index in [-0.39, 0.29) is 11.7 Å². The van der Waals surface area contributed by atoms with E-state index in [9.17, 15) is 4.79 Å². The Morgan fingerprint density at radius 1 is 1.57 bits per heavy atom. The maximum absolute atomic E-state index is 11.2. The van der Waals surface area contributed by atoms with E-state index in [1.54, 1.807) is 6.20 Å². The van der Waals surface area contributed by atoms with Crippen molar-refractivity contribution >= 4 is 20.2 Å². The average Bonchev–Trinajstić information content (AvgIpc) is 2.90. The van der Waals surface area contributed by atoms with Crippen molar-refractivity contribution in [3.05, 3.63) is 23.8 Å². The summed E-state index contributed by atoms with van der Waals surface area (Å²) in [5, 5.41) is 3.16. The number of primary amides is 1. The number of fused-ring (bicyclic) bond motifs is 1. The molecule has 0 saturated heterocycles. The van der Waals surface area contributed by atoms with Gasteiger partial charge in [0.1, 0.15) is 5.69 Å². The maximum atomic E-state index is 11.2. The standard InChI is InChI=1S/C13H21N4O3P/c1-3-19-21(20-4-2)8-6-10-5-7-15-13-16-11(12(14)18)9-17(10)13/h6,8-10H,3-5,7H2,1-2H3,(H2,14,18)(H,15,16). The van der Waals surface area contributed by atoms with Crippen LogP contribution >= 0.6 is 8.38 Å². The van der Waals surface area contributed by atoms with Crippen molar-refractivity contribution in [2.45, 2.75) is 26.3 Å². The molecule has 0 aliphatic carbocycles. The molecule has 0 spiro atoms. The molecular formula is C13H21N4O3P. The van der Waals surface area contributed by atoms with Gasteiger partial charge in [0.2, 0.25) is 5.95 Å². The number of nitrogens with one attached hydrogen (secondary N) is 1. The van der Waals surface area contributed by atoms with Crippen molar-refractivity contribution in [3.63, 3.8) is 0 Å². The third-order valence-corrected chi connectivity index (χ3v) is 4.45. The number of carbonyl (C=O) groups is 1. The van der Waals surface area contributed by atoms with Crippen LogP contribution in [0.1, 0.15) is 36.8 Å². The highest BCUT2D eigenvalue weighted by Gasteiger charge is 2.21. The van der Waals surface area contributed by atoms with Crippen LogP contribution in [0.5, 0.6) is 0 Å². The minimum Gasteiger partial charge on any atom is -0.364 e. The molecule has 2 heterocycles. The number of imidazole rings is 1. The topological polar surface area (TPSA) is 91.4 Å². The predicted octanol–water partition coefficient (Wildman–Crippen LogP) is 2.24. The van der Waals surface area contributed by atoms with Crippen LogP contribution in [0, 0.1) is 0 Å². The maximum Gasteiger partial charge on any atom is 0.268 e. The summed E-state index contributed by atoms with van der Waals surface area (Å²) in [5.41, 5.74) is 5.55. The molecule has 7 nitrogen and oxygen atoms in total. The summed E-state index contributed by atoms with van der Waals surface area (Å²) in [4.78, 5) is 15.4. The Bertz CT molecular complexity index is 512. The van der Waals surface area contributed by atoms with Gasteiger partial charge >= 0.3 is 0 Å². The summed E-state index contributed by atoms with van der Waals surface area (Å²) in [6.07, 6.45) is 4.63. The molecule has 8 heteroatoms. The second-order valence-corrected chi connectivity index (χ2v) is 5.85. The number of carbonyl (C=O) groups excluding carboxylic acids is 1. The summed E-state index contributed by atoms with van der Waals surface area (Å²) < 4.78 is 13.0. The van der Waals surface area contributed by atoms with Crippen LogP contribution in [0.2, 0.25) is 0 Å². The van der Waals surface area contributed by atoms with Gasteiger partial charge in [0.25, 0.3) is 5.91 Å². The summed E-state index contributed by atoms with van der Waals surface area (Å²) in [6.45, 7) is 5.92. The van der Waals surface area contributed by atoms with E-state index >= 15 is 0 Å². The van der Waals surface area contributed by atoms with E-state index in [4.69, 9.17) is 14.8 Å². The second-order valence-electron chi connectivity index (χ2n) is 4.47. The fraction of sp³-hybridized carbons (Fsp3) is 0.538. The molecule has 1 aliphatic rings. The average molecular weight is 312 g/mol. The molecule has 1 aromatic heterocycles. The van der Waals surface area contributed by atoms with Crippen molar-refractivity contribution in [2.75, 3.05) is 25.1 Å². The molecule has 0 radical (unpaired) electrons. The Morgan fingerprint density at radius 2 is 2.29 bits per heavy atom. The third-order valence-electron chi connectivity index (χ3n) is 3.01. The van der Waals surface area contributed by atoms with Crippen LogP contribution in [-0.4, -0.2) is 35.2 Å². The zero-order chi connectivity index (χ0) is 15.2. The van der Waals surface area contributed by atoms with E-state index in [0.29, 0.717) is 19.2 Å². The van der Waals surface area contributed by atoms with Crippen LogP contribution in [0.25, 0.3) is 0 Å². The SMILES string of the molecule is CCOP(C=CC1CCNc2nc(C(N)=O)cn21)OCC. The molecule has 0 fully saturated rings. The molecule has 1 amide bonds. The van der Waals surface area contributed by atoms with Gasteiger partial charge < -0.3 is 24.7 Å². The molecule has 2 rings (SSSR count). The number of nitrogens with zero attached hydrogens (tertiary/aromatic N) is 2. The number of nitrogens with two attached hydrogens (primary N) is 1. The van der Waals surface area contributed by atoms with E-state index in [2.05, 4.69) is 10.3 Å². The number of amides is 1. The van der Waals surface area contributed by atoms with Gasteiger partial charge in [0, 0.05) is 12.7 Å². The van der Waals surface area contributed by atoms with Crippen LogP contribution in [0.15, 0.2) is 18.1 Å². The first kappa shape index (κ1) is 15.9. The number of hydrogen-bond acceptors (Lipinski definition) is 5. The molecule has 1 atom stereocenters. The summed E-state index contributed by atoms with van der Waals surface area (Å²) in [7, 11) is -1.01. The Hall–Kier alpha value is -1.43.